The lowest BCUT2D eigenvalue weighted by Gasteiger charge is -2.49. The minimum absolute atomic E-state index is 0.174. The number of furan rings is 1. The van der Waals surface area contributed by atoms with Crippen LogP contribution in [0.25, 0.3) is 0 Å². The number of nitrogens with zero attached hydrogens (tertiary/aromatic N) is 1. The quantitative estimate of drug-likeness (QED) is 0.865. The molecule has 4 unspecified atom stereocenters. The van der Waals surface area contributed by atoms with Crippen LogP contribution in [0.4, 0.5) is 4.79 Å². The number of hydrogen-bond donors (Lipinski definition) is 1. The topological polar surface area (TPSA) is 54.7 Å². The van der Waals surface area contributed by atoms with Gasteiger partial charge in [0.25, 0.3) is 0 Å². The van der Waals surface area contributed by atoms with E-state index in [0.29, 0.717) is 11.8 Å². The Morgan fingerprint density at radius 3 is 3.00 bits per heavy atom. The third kappa shape index (κ3) is 2.20. The van der Waals surface area contributed by atoms with Gasteiger partial charge in [0.1, 0.15) is 11.4 Å². The predicted molar refractivity (Wildman–Crippen MR) is 86.1 cm³/mol. The first-order chi connectivity index (χ1) is 10.8. The lowest BCUT2D eigenvalue weighted by molar-refractivity contribution is 0.00526. The second kappa shape index (κ2) is 4.76. The third-order valence-corrected chi connectivity index (χ3v) is 5.70. The fourth-order valence-corrected chi connectivity index (χ4v) is 4.80. The van der Waals surface area contributed by atoms with E-state index >= 15 is 0 Å². The van der Waals surface area contributed by atoms with Gasteiger partial charge in [-0.3, -0.25) is 0 Å². The average molecular weight is 318 g/mol. The Kier molecular flexibility index (Phi) is 3.12. The van der Waals surface area contributed by atoms with Crippen molar-refractivity contribution in [3.63, 3.8) is 0 Å². The molecule has 5 rings (SSSR count). The molecule has 1 amide bonds. The van der Waals surface area contributed by atoms with Crippen molar-refractivity contribution in [3.8, 4) is 0 Å². The van der Waals surface area contributed by atoms with Crippen LogP contribution in [-0.2, 0) is 16.7 Å². The van der Waals surface area contributed by atoms with E-state index in [0.717, 1.165) is 31.7 Å². The highest BCUT2D eigenvalue weighted by Crippen LogP contribution is 2.55. The van der Waals surface area contributed by atoms with Gasteiger partial charge in [0.15, 0.2) is 0 Å². The van der Waals surface area contributed by atoms with Crippen LogP contribution >= 0.6 is 0 Å². The summed E-state index contributed by atoms with van der Waals surface area (Å²) < 4.78 is 11.4. The van der Waals surface area contributed by atoms with Crippen molar-refractivity contribution in [3.05, 3.63) is 23.7 Å². The average Bonchev–Trinajstić information content (AvgIpc) is 3.10. The third-order valence-electron chi connectivity index (χ3n) is 5.70. The van der Waals surface area contributed by atoms with Crippen LogP contribution in [0.1, 0.15) is 45.4 Å². The first-order valence-electron chi connectivity index (χ1n) is 8.61. The predicted octanol–water partition coefficient (Wildman–Crippen LogP) is 2.90. The molecule has 126 valence electrons. The summed E-state index contributed by atoms with van der Waals surface area (Å²) in [7, 11) is 0. The standard InChI is InChI=1S/C18H26N2O3/c1-17(2,3)23-16(21)20-10-12-9-13(20)14(12)18(4)15-11(5-7-19-18)6-8-22-15/h6,8,12-14,19H,5,7,9-10H2,1-4H3. The molecule has 0 aromatic carbocycles. The first kappa shape index (κ1) is 15.1. The zero-order valence-electron chi connectivity index (χ0n) is 14.4. The lowest BCUT2D eigenvalue weighted by Crippen LogP contribution is -2.59. The van der Waals surface area contributed by atoms with E-state index in [2.05, 4.69) is 18.3 Å². The largest absolute Gasteiger partial charge is 0.467 e. The van der Waals surface area contributed by atoms with Gasteiger partial charge < -0.3 is 19.4 Å². The van der Waals surface area contributed by atoms with Crippen molar-refractivity contribution in [1.29, 1.82) is 0 Å². The Morgan fingerprint density at radius 2 is 2.26 bits per heavy atom. The van der Waals surface area contributed by atoms with E-state index in [9.17, 15) is 4.79 Å². The van der Waals surface area contributed by atoms with Crippen molar-refractivity contribution in [2.75, 3.05) is 13.1 Å². The highest BCUT2D eigenvalue weighted by Gasteiger charge is 2.62. The summed E-state index contributed by atoms with van der Waals surface area (Å²) in [5, 5.41) is 3.68. The maximum absolute atomic E-state index is 12.5. The summed E-state index contributed by atoms with van der Waals surface area (Å²) in [6, 6.07) is 2.34. The second-order valence-corrected chi connectivity index (χ2v) is 8.38. The second-order valence-electron chi connectivity index (χ2n) is 8.38. The van der Waals surface area contributed by atoms with E-state index in [1.807, 2.05) is 25.7 Å². The maximum Gasteiger partial charge on any atom is 0.410 e. The zero-order chi connectivity index (χ0) is 16.4. The van der Waals surface area contributed by atoms with E-state index in [1.165, 1.54) is 5.56 Å². The Hall–Kier alpha value is -1.49. The van der Waals surface area contributed by atoms with Crippen LogP contribution in [0.3, 0.4) is 0 Å². The molecule has 4 atom stereocenters. The summed E-state index contributed by atoms with van der Waals surface area (Å²) in [6.45, 7) is 9.76. The van der Waals surface area contributed by atoms with Gasteiger partial charge >= 0.3 is 6.09 Å². The van der Waals surface area contributed by atoms with Crippen molar-refractivity contribution in [2.24, 2.45) is 11.8 Å². The molecule has 3 fully saturated rings. The van der Waals surface area contributed by atoms with Gasteiger partial charge in [-0.05, 0) is 58.1 Å². The molecule has 5 heteroatoms. The maximum atomic E-state index is 12.5. The summed E-state index contributed by atoms with van der Waals surface area (Å²) in [5.74, 6) is 2.00. The Balaban J connectivity index is 1.57. The van der Waals surface area contributed by atoms with Crippen molar-refractivity contribution in [1.82, 2.24) is 10.2 Å². The van der Waals surface area contributed by atoms with Crippen molar-refractivity contribution in [2.45, 2.75) is 57.7 Å². The molecular weight excluding hydrogens is 292 g/mol. The van der Waals surface area contributed by atoms with E-state index in [-0.39, 0.29) is 17.7 Å². The molecule has 1 aromatic heterocycles. The molecule has 1 saturated carbocycles. The number of carbonyl (C=O) groups is 1. The molecule has 0 spiro atoms. The molecule has 1 aromatic rings. The van der Waals surface area contributed by atoms with E-state index in [4.69, 9.17) is 9.15 Å². The lowest BCUT2D eigenvalue weighted by atomic mass is 9.61. The fraction of sp³-hybridized carbons (Fsp3) is 0.722. The minimum Gasteiger partial charge on any atom is -0.467 e. The number of ether oxygens (including phenoxy) is 1. The Labute approximate surface area is 137 Å². The Morgan fingerprint density at radius 1 is 1.48 bits per heavy atom. The van der Waals surface area contributed by atoms with Crippen molar-refractivity contribution >= 4 is 6.09 Å². The summed E-state index contributed by atoms with van der Waals surface area (Å²) in [5.41, 5.74) is 0.684. The molecule has 0 radical (unpaired) electrons. The van der Waals surface area contributed by atoms with Crippen LogP contribution in [0.2, 0.25) is 0 Å². The van der Waals surface area contributed by atoms with Crippen LogP contribution in [0, 0.1) is 11.8 Å². The van der Waals surface area contributed by atoms with Crippen LogP contribution in [0.5, 0.6) is 0 Å². The molecular formula is C18H26N2O3. The molecule has 4 aliphatic rings. The van der Waals surface area contributed by atoms with Gasteiger partial charge in [0.2, 0.25) is 0 Å². The summed E-state index contributed by atoms with van der Waals surface area (Å²) in [6.07, 6.45) is 3.71. The van der Waals surface area contributed by atoms with Gasteiger partial charge in [-0.15, -0.1) is 0 Å². The van der Waals surface area contributed by atoms with Crippen LogP contribution < -0.4 is 5.32 Å². The van der Waals surface area contributed by atoms with E-state index in [1.54, 1.807) is 6.26 Å². The highest BCUT2D eigenvalue weighted by molar-refractivity contribution is 5.70. The first-order valence-corrected chi connectivity index (χ1v) is 8.61. The molecule has 1 aliphatic carbocycles. The number of rotatable bonds is 1. The number of nitrogens with one attached hydrogen (secondary N) is 1. The van der Waals surface area contributed by atoms with Gasteiger partial charge in [-0.2, -0.15) is 0 Å². The summed E-state index contributed by atoms with van der Waals surface area (Å²) >= 11 is 0. The van der Waals surface area contributed by atoms with Crippen LogP contribution in [0.15, 0.2) is 16.7 Å². The SMILES string of the molecule is CC(C)(C)OC(=O)N1CC2CC1C2C1(C)NCCc2ccoc21. The van der Waals surface area contributed by atoms with Crippen molar-refractivity contribution < 1.29 is 13.9 Å². The van der Waals surface area contributed by atoms with Crippen LogP contribution in [-0.4, -0.2) is 35.7 Å². The molecule has 4 heterocycles. The summed E-state index contributed by atoms with van der Waals surface area (Å²) in [4.78, 5) is 14.4. The normalized spacial score (nSPS) is 35.7. The zero-order valence-corrected chi connectivity index (χ0v) is 14.4. The van der Waals surface area contributed by atoms with E-state index < -0.39 is 5.60 Å². The Bertz CT molecular complexity index is 632. The van der Waals surface area contributed by atoms with Gasteiger partial charge in [-0.1, -0.05) is 0 Å². The molecule has 2 saturated heterocycles. The van der Waals surface area contributed by atoms with Gasteiger partial charge in [0, 0.05) is 25.0 Å². The molecule has 2 bridgehead atoms. The monoisotopic (exact) mass is 318 g/mol. The number of hydrogen-bond acceptors (Lipinski definition) is 4. The molecule has 23 heavy (non-hydrogen) atoms. The fourth-order valence-electron chi connectivity index (χ4n) is 4.80. The molecule has 3 aliphatic heterocycles. The van der Waals surface area contributed by atoms with Gasteiger partial charge in [0.05, 0.1) is 11.8 Å². The molecule has 5 nitrogen and oxygen atoms in total. The highest BCUT2D eigenvalue weighted by atomic mass is 16.6. The number of amides is 1. The number of fused-ring (bicyclic) bond motifs is 2. The smallest absolute Gasteiger partial charge is 0.410 e. The van der Waals surface area contributed by atoms with Gasteiger partial charge in [-0.25, -0.2) is 4.79 Å². The molecule has 1 N–H and O–H groups in total. The minimum atomic E-state index is -0.444. The number of carbonyl (C=O) groups excluding carboxylic acids is 1.